The van der Waals surface area contributed by atoms with Crippen LogP contribution in [0.1, 0.15) is 0 Å². The van der Waals surface area contributed by atoms with Gasteiger partial charge in [0, 0.05) is 0 Å². The molecule has 2 aliphatic rings. The van der Waals surface area contributed by atoms with Gasteiger partial charge in [-0.25, -0.2) is 28.8 Å². The fourth-order valence-electron chi connectivity index (χ4n) is 4.25. The molecule has 0 N–H and O–H groups in total. The maximum absolute atomic E-state index is 13.3. The van der Waals surface area contributed by atoms with Crippen LogP contribution in [0.15, 0.2) is 58.5 Å². The topological polar surface area (TPSA) is 164 Å². The summed E-state index contributed by atoms with van der Waals surface area (Å²) in [6.07, 6.45) is -0.766. The number of benzene rings is 1. The first-order chi connectivity index (χ1) is 18.6. The predicted molar refractivity (Wildman–Crippen MR) is 129 cm³/mol. The molecule has 3 rings (SSSR count). The average molecular weight is 544 g/mol. The molecule has 0 amide bonds. The summed E-state index contributed by atoms with van der Waals surface area (Å²) in [7, 11) is 6.18. The van der Waals surface area contributed by atoms with E-state index in [0.717, 1.165) is 53.6 Å². The minimum atomic E-state index is -1.57. The van der Waals surface area contributed by atoms with Crippen LogP contribution in [-0.2, 0) is 57.2 Å². The lowest BCUT2D eigenvalue weighted by atomic mass is 9.90. The lowest BCUT2D eigenvalue weighted by Gasteiger charge is -2.38. The number of nitrogens with zero attached hydrogens (tertiary/aromatic N) is 2. The maximum atomic E-state index is 13.3. The Morgan fingerprint density at radius 1 is 0.667 bits per heavy atom. The van der Waals surface area contributed by atoms with Gasteiger partial charge in [-0.05, 0) is 12.1 Å². The van der Waals surface area contributed by atoms with E-state index >= 15 is 0 Å². The summed E-state index contributed by atoms with van der Waals surface area (Å²) >= 11 is 0. The Morgan fingerprint density at radius 3 is 1.72 bits per heavy atom. The van der Waals surface area contributed by atoms with Crippen LogP contribution in [0.4, 0.5) is 11.4 Å². The zero-order valence-electron chi connectivity index (χ0n) is 21.8. The highest BCUT2D eigenvalue weighted by molar-refractivity contribution is 6.20. The van der Waals surface area contributed by atoms with Crippen LogP contribution >= 0.6 is 0 Å². The van der Waals surface area contributed by atoms with Gasteiger partial charge in [0.2, 0.25) is 0 Å². The lowest BCUT2D eigenvalue weighted by Crippen LogP contribution is -2.52. The van der Waals surface area contributed by atoms with E-state index in [1.54, 1.807) is 12.1 Å². The number of anilines is 2. The monoisotopic (exact) mass is 544 g/mol. The quantitative estimate of drug-likeness (QED) is 0.258. The van der Waals surface area contributed by atoms with Gasteiger partial charge in [-0.15, -0.1) is 0 Å². The Kier molecular flexibility index (Phi) is 8.38. The molecule has 1 aromatic rings. The molecular weight excluding hydrogens is 520 g/mol. The van der Waals surface area contributed by atoms with Crippen molar-refractivity contribution in [1.29, 1.82) is 0 Å². The van der Waals surface area contributed by atoms with Gasteiger partial charge in [0.05, 0.1) is 71.3 Å². The molecule has 14 nitrogen and oxygen atoms in total. The third-order valence-electron chi connectivity index (χ3n) is 5.82. The van der Waals surface area contributed by atoms with Gasteiger partial charge in [-0.3, -0.25) is 0 Å². The summed E-state index contributed by atoms with van der Waals surface area (Å²) in [6.45, 7) is 0. The zero-order chi connectivity index (χ0) is 29.0. The largest absolute Gasteiger partial charge is 0.466 e. The first-order valence-corrected chi connectivity index (χ1v) is 11.0. The van der Waals surface area contributed by atoms with Crippen molar-refractivity contribution in [3.63, 3.8) is 0 Å². The van der Waals surface area contributed by atoms with Crippen LogP contribution in [0.2, 0.25) is 0 Å². The standard InChI is InChI=1S/C25H24N2O12/c1-34-15(28)11-14(21(29)35-2)26-12-9-7-8-10-13(12)27-19(25(33)39-6)17(23(31)37-4)16(22(30)36-3)18(20(26)27)24(32)38-5/h7-11,20H,1-6H3. The van der Waals surface area contributed by atoms with E-state index in [4.69, 9.17) is 23.7 Å². The van der Waals surface area contributed by atoms with Crippen molar-refractivity contribution in [1.82, 2.24) is 0 Å². The molecule has 14 heteroatoms. The molecule has 0 aliphatic carbocycles. The number of carbonyl (C=O) groups is 6. The maximum Gasteiger partial charge on any atom is 0.355 e. The van der Waals surface area contributed by atoms with E-state index in [9.17, 15) is 28.8 Å². The van der Waals surface area contributed by atoms with Gasteiger partial charge in [-0.1, -0.05) is 12.1 Å². The molecular formula is C25H24N2O12. The van der Waals surface area contributed by atoms with Crippen LogP contribution in [-0.4, -0.2) is 84.6 Å². The van der Waals surface area contributed by atoms with Crippen LogP contribution in [0, 0.1) is 0 Å². The van der Waals surface area contributed by atoms with E-state index in [-0.39, 0.29) is 11.4 Å². The Bertz CT molecular complexity index is 1330. The summed E-state index contributed by atoms with van der Waals surface area (Å²) in [5.41, 5.74) is -2.47. The van der Waals surface area contributed by atoms with Gasteiger partial charge < -0.3 is 38.2 Å². The molecule has 2 aliphatic heterocycles. The van der Waals surface area contributed by atoms with Crippen molar-refractivity contribution in [2.75, 3.05) is 52.5 Å². The van der Waals surface area contributed by atoms with Crippen molar-refractivity contribution in [3.8, 4) is 0 Å². The molecule has 0 fully saturated rings. The number of rotatable bonds is 7. The number of ether oxygens (including phenoxy) is 6. The summed E-state index contributed by atoms with van der Waals surface area (Å²) in [5.74, 6) is -6.61. The van der Waals surface area contributed by atoms with Crippen molar-refractivity contribution in [2.24, 2.45) is 0 Å². The third kappa shape index (κ3) is 4.67. The molecule has 0 bridgehead atoms. The van der Waals surface area contributed by atoms with Crippen LogP contribution in [0.5, 0.6) is 0 Å². The minimum absolute atomic E-state index is 0.168. The van der Waals surface area contributed by atoms with E-state index in [1.807, 2.05) is 0 Å². The number of methoxy groups -OCH3 is 6. The number of fused-ring (bicyclic) bond motifs is 3. The second-order valence-electron chi connectivity index (χ2n) is 7.63. The second-order valence-corrected chi connectivity index (χ2v) is 7.63. The number of esters is 6. The molecule has 206 valence electrons. The van der Waals surface area contributed by atoms with E-state index in [0.29, 0.717) is 0 Å². The van der Waals surface area contributed by atoms with Gasteiger partial charge in [0.25, 0.3) is 0 Å². The normalized spacial score (nSPS) is 16.2. The summed E-state index contributed by atoms with van der Waals surface area (Å²) in [4.78, 5) is 80.4. The molecule has 0 aromatic heterocycles. The van der Waals surface area contributed by atoms with E-state index in [1.165, 1.54) is 17.0 Å². The highest BCUT2D eigenvalue weighted by Gasteiger charge is 2.54. The predicted octanol–water partition coefficient (Wildman–Crippen LogP) is 0.125. The minimum Gasteiger partial charge on any atom is -0.466 e. The lowest BCUT2D eigenvalue weighted by molar-refractivity contribution is -0.142. The van der Waals surface area contributed by atoms with Crippen molar-refractivity contribution in [2.45, 2.75) is 6.17 Å². The number of hydrogen-bond acceptors (Lipinski definition) is 14. The van der Waals surface area contributed by atoms with Crippen LogP contribution in [0.25, 0.3) is 0 Å². The number of carbonyl (C=O) groups excluding carboxylic acids is 6. The second kappa shape index (κ2) is 11.5. The molecule has 0 saturated heterocycles. The van der Waals surface area contributed by atoms with E-state index in [2.05, 4.69) is 4.74 Å². The number of hydrogen-bond donors (Lipinski definition) is 0. The Labute approximate surface area is 221 Å². The van der Waals surface area contributed by atoms with Crippen molar-refractivity contribution >= 4 is 47.2 Å². The average Bonchev–Trinajstić information content (AvgIpc) is 3.30. The highest BCUT2D eigenvalue weighted by atomic mass is 16.5. The first-order valence-electron chi connectivity index (χ1n) is 11.0. The summed E-state index contributed by atoms with van der Waals surface area (Å²) < 4.78 is 29.1. The van der Waals surface area contributed by atoms with Gasteiger partial charge in [-0.2, -0.15) is 0 Å². The van der Waals surface area contributed by atoms with E-state index < -0.39 is 70.1 Å². The van der Waals surface area contributed by atoms with Crippen molar-refractivity contribution in [3.05, 3.63) is 58.5 Å². The SMILES string of the molecule is COC(=O)C=C(C(=O)OC)N1c2ccccc2N2C(C(=O)OC)=C(C(=O)OC)C(C(=O)OC)=C(C(=O)OC)C12. The van der Waals surface area contributed by atoms with Gasteiger partial charge in [0.1, 0.15) is 23.1 Å². The molecule has 0 radical (unpaired) electrons. The van der Waals surface area contributed by atoms with Crippen LogP contribution < -0.4 is 9.80 Å². The number of para-hydroxylation sites is 2. The molecule has 0 spiro atoms. The molecule has 0 saturated carbocycles. The van der Waals surface area contributed by atoms with Crippen LogP contribution in [0.3, 0.4) is 0 Å². The Hall–Kier alpha value is -5.14. The fraction of sp³-hybridized carbons (Fsp3) is 0.280. The molecule has 1 atom stereocenters. The Morgan fingerprint density at radius 2 is 1.21 bits per heavy atom. The van der Waals surface area contributed by atoms with Gasteiger partial charge >= 0.3 is 35.8 Å². The third-order valence-corrected chi connectivity index (χ3v) is 5.82. The van der Waals surface area contributed by atoms with Crippen molar-refractivity contribution < 1.29 is 57.2 Å². The molecule has 39 heavy (non-hydrogen) atoms. The molecule has 1 aromatic carbocycles. The highest BCUT2D eigenvalue weighted by Crippen LogP contribution is 2.50. The van der Waals surface area contributed by atoms with Gasteiger partial charge in [0.15, 0.2) is 0 Å². The zero-order valence-corrected chi connectivity index (χ0v) is 21.8. The summed E-state index contributed by atoms with van der Waals surface area (Å²) in [5, 5.41) is 0. The summed E-state index contributed by atoms with van der Waals surface area (Å²) in [6, 6.07) is 6.15. The molecule has 1 unspecified atom stereocenters. The Balaban J connectivity index is 2.61. The smallest absolute Gasteiger partial charge is 0.355 e. The first kappa shape index (κ1) is 28.4. The molecule has 2 heterocycles. The fourth-order valence-corrected chi connectivity index (χ4v) is 4.25.